The van der Waals surface area contributed by atoms with Crippen LogP contribution in [0.3, 0.4) is 0 Å². The van der Waals surface area contributed by atoms with Crippen LogP contribution in [0.1, 0.15) is 21.8 Å². The van der Waals surface area contributed by atoms with Crippen LogP contribution in [0.25, 0.3) is 0 Å². The standard InChI is InChI=1S/C14H18N4OS/c1-10-9-20-13(16-10)8-18(2)7-11-4-3-5-12(6-11)14(15)17-19/h3-6,9,19H,7-8H2,1-2H3,(H2,15,17). The van der Waals surface area contributed by atoms with Crippen LogP contribution in [0, 0.1) is 6.92 Å². The second kappa shape index (κ2) is 6.49. The predicted molar refractivity (Wildman–Crippen MR) is 81.0 cm³/mol. The van der Waals surface area contributed by atoms with Gasteiger partial charge in [-0.15, -0.1) is 11.3 Å². The van der Waals surface area contributed by atoms with E-state index in [0.717, 1.165) is 34.9 Å². The molecule has 0 saturated heterocycles. The molecule has 1 aromatic carbocycles. The third-order valence-corrected chi connectivity index (χ3v) is 3.81. The van der Waals surface area contributed by atoms with E-state index in [1.54, 1.807) is 11.3 Å². The minimum Gasteiger partial charge on any atom is -0.409 e. The van der Waals surface area contributed by atoms with Crippen LogP contribution < -0.4 is 5.73 Å². The molecule has 0 spiro atoms. The predicted octanol–water partition coefficient (Wildman–Crippen LogP) is 2.18. The van der Waals surface area contributed by atoms with E-state index in [0.29, 0.717) is 0 Å². The summed E-state index contributed by atoms with van der Waals surface area (Å²) in [6.45, 7) is 3.60. The van der Waals surface area contributed by atoms with Crippen molar-refractivity contribution in [3.8, 4) is 0 Å². The molecule has 0 saturated carbocycles. The summed E-state index contributed by atoms with van der Waals surface area (Å²) in [5.74, 6) is 0.130. The van der Waals surface area contributed by atoms with Crippen molar-refractivity contribution in [2.24, 2.45) is 10.9 Å². The fourth-order valence-corrected chi connectivity index (χ4v) is 2.81. The van der Waals surface area contributed by atoms with Gasteiger partial charge in [0.05, 0.1) is 6.54 Å². The van der Waals surface area contributed by atoms with Crippen molar-refractivity contribution in [1.82, 2.24) is 9.88 Å². The van der Waals surface area contributed by atoms with Crippen molar-refractivity contribution in [3.63, 3.8) is 0 Å². The molecule has 0 aliphatic rings. The molecule has 1 aromatic heterocycles. The van der Waals surface area contributed by atoms with Crippen molar-refractivity contribution < 1.29 is 5.21 Å². The molecule has 0 aliphatic heterocycles. The molecular weight excluding hydrogens is 272 g/mol. The number of amidine groups is 1. The number of rotatable bonds is 5. The molecule has 1 heterocycles. The van der Waals surface area contributed by atoms with Crippen LogP contribution >= 0.6 is 11.3 Å². The molecule has 0 aliphatic carbocycles. The Kier molecular flexibility index (Phi) is 4.70. The normalized spacial score (nSPS) is 12.1. The lowest BCUT2D eigenvalue weighted by Gasteiger charge is -2.15. The van der Waals surface area contributed by atoms with E-state index in [1.165, 1.54) is 0 Å². The smallest absolute Gasteiger partial charge is 0.170 e. The van der Waals surface area contributed by atoms with Gasteiger partial charge in [-0.05, 0) is 25.6 Å². The maximum Gasteiger partial charge on any atom is 0.170 e. The lowest BCUT2D eigenvalue weighted by Crippen LogP contribution is -2.18. The quantitative estimate of drug-likeness (QED) is 0.383. The highest BCUT2D eigenvalue weighted by atomic mass is 32.1. The van der Waals surface area contributed by atoms with E-state index in [-0.39, 0.29) is 5.84 Å². The second-order valence-electron chi connectivity index (χ2n) is 4.74. The summed E-state index contributed by atoms with van der Waals surface area (Å²) < 4.78 is 0. The van der Waals surface area contributed by atoms with Crippen LogP contribution in [0.15, 0.2) is 34.8 Å². The summed E-state index contributed by atoms with van der Waals surface area (Å²) in [5.41, 5.74) is 8.50. The third-order valence-electron chi connectivity index (χ3n) is 2.85. The number of benzene rings is 1. The zero-order chi connectivity index (χ0) is 14.5. The summed E-state index contributed by atoms with van der Waals surface area (Å²) in [6.07, 6.45) is 0. The largest absolute Gasteiger partial charge is 0.409 e. The number of nitrogens with two attached hydrogens (primary N) is 1. The van der Waals surface area contributed by atoms with Crippen molar-refractivity contribution in [3.05, 3.63) is 51.5 Å². The highest BCUT2D eigenvalue weighted by molar-refractivity contribution is 7.09. The molecule has 2 aromatic rings. The van der Waals surface area contributed by atoms with Gasteiger partial charge in [0.2, 0.25) is 0 Å². The maximum atomic E-state index is 8.70. The summed E-state index contributed by atoms with van der Waals surface area (Å²) in [7, 11) is 2.05. The summed E-state index contributed by atoms with van der Waals surface area (Å²) >= 11 is 1.68. The topological polar surface area (TPSA) is 74.7 Å². The van der Waals surface area contributed by atoms with E-state index >= 15 is 0 Å². The van der Waals surface area contributed by atoms with Crippen molar-refractivity contribution in [2.75, 3.05) is 7.05 Å². The van der Waals surface area contributed by atoms with Crippen molar-refractivity contribution >= 4 is 17.2 Å². The third kappa shape index (κ3) is 3.79. The molecule has 20 heavy (non-hydrogen) atoms. The van der Waals surface area contributed by atoms with Gasteiger partial charge in [0.1, 0.15) is 5.01 Å². The number of aromatic nitrogens is 1. The van der Waals surface area contributed by atoms with Crippen LogP contribution in [0.2, 0.25) is 0 Å². The molecule has 0 bridgehead atoms. The molecule has 106 valence electrons. The molecule has 0 atom stereocenters. The van der Waals surface area contributed by atoms with Gasteiger partial charge in [-0.1, -0.05) is 23.4 Å². The first-order chi connectivity index (χ1) is 9.58. The van der Waals surface area contributed by atoms with Crippen LogP contribution in [-0.4, -0.2) is 28.0 Å². The Bertz CT molecular complexity index is 609. The number of aryl methyl sites for hydroxylation is 1. The Morgan fingerprint density at radius 3 is 2.90 bits per heavy atom. The van der Waals surface area contributed by atoms with E-state index < -0.39 is 0 Å². The first-order valence-electron chi connectivity index (χ1n) is 6.25. The van der Waals surface area contributed by atoms with E-state index in [4.69, 9.17) is 10.9 Å². The molecule has 0 fully saturated rings. The summed E-state index contributed by atoms with van der Waals surface area (Å²) in [4.78, 5) is 6.64. The van der Waals surface area contributed by atoms with Gasteiger partial charge in [0.15, 0.2) is 5.84 Å². The van der Waals surface area contributed by atoms with Gasteiger partial charge in [-0.25, -0.2) is 4.98 Å². The molecule has 0 amide bonds. The number of hydrogen-bond acceptors (Lipinski definition) is 5. The highest BCUT2D eigenvalue weighted by Gasteiger charge is 2.06. The Labute approximate surface area is 122 Å². The SMILES string of the molecule is Cc1csc(CN(C)Cc2cccc(/C(N)=N/O)c2)n1. The number of nitrogens with zero attached hydrogens (tertiary/aromatic N) is 3. The van der Waals surface area contributed by atoms with Gasteiger partial charge in [0.25, 0.3) is 0 Å². The fraction of sp³-hybridized carbons (Fsp3) is 0.286. The summed E-state index contributed by atoms with van der Waals surface area (Å²) in [5, 5.41) is 14.9. The lowest BCUT2D eigenvalue weighted by atomic mass is 10.1. The molecule has 6 heteroatoms. The molecule has 5 nitrogen and oxygen atoms in total. The molecular formula is C14H18N4OS. The van der Waals surface area contributed by atoms with Crippen LogP contribution in [-0.2, 0) is 13.1 Å². The second-order valence-corrected chi connectivity index (χ2v) is 5.68. The Balaban J connectivity index is 2.02. The minimum atomic E-state index is 0.130. The average Bonchev–Trinajstić information content (AvgIpc) is 2.83. The van der Waals surface area contributed by atoms with Crippen molar-refractivity contribution in [1.29, 1.82) is 0 Å². The monoisotopic (exact) mass is 290 g/mol. The number of hydrogen-bond donors (Lipinski definition) is 2. The van der Waals surface area contributed by atoms with Gasteiger partial charge in [-0.3, -0.25) is 4.90 Å². The Morgan fingerprint density at radius 1 is 1.45 bits per heavy atom. The Morgan fingerprint density at radius 2 is 2.25 bits per heavy atom. The van der Waals surface area contributed by atoms with Crippen molar-refractivity contribution in [2.45, 2.75) is 20.0 Å². The molecule has 2 rings (SSSR count). The molecule has 0 unspecified atom stereocenters. The van der Waals surface area contributed by atoms with E-state index in [2.05, 4.69) is 20.4 Å². The zero-order valence-electron chi connectivity index (χ0n) is 11.6. The van der Waals surface area contributed by atoms with Gasteiger partial charge in [-0.2, -0.15) is 0 Å². The van der Waals surface area contributed by atoms with Gasteiger partial charge < -0.3 is 10.9 Å². The van der Waals surface area contributed by atoms with Crippen LogP contribution in [0.4, 0.5) is 0 Å². The highest BCUT2D eigenvalue weighted by Crippen LogP contribution is 2.13. The van der Waals surface area contributed by atoms with Crippen LogP contribution in [0.5, 0.6) is 0 Å². The lowest BCUT2D eigenvalue weighted by molar-refractivity contribution is 0.317. The zero-order valence-corrected chi connectivity index (χ0v) is 12.4. The fourth-order valence-electron chi connectivity index (χ4n) is 1.96. The first-order valence-corrected chi connectivity index (χ1v) is 7.13. The number of thiazole rings is 1. The van der Waals surface area contributed by atoms with Gasteiger partial charge in [0, 0.05) is 23.2 Å². The molecule has 0 radical (unpaired) electrons. The molecule has 3 N–H and O–H groups in total. The van der Waals surface area contributed by atoms with Gasteiger partial charge >= 0.3 is 0 Å². The Hall–Kier alpha value is -1.92. The minimum absolute atomic E-state index is 0.130. The average molecular weight is 290 g/mol. The first kappa shape index (κ1) is 14.5. The summed E-state index contributed by atoms with van der Waals surface area (Å²) in [6, 6.07) is 7.68. The maximum absolute atomic E-state index is 8.70. The van der Waals surface area contributed by atoms with E-state index in [9.17, 15) is 0 Å². The van der Waals surface area contributed by atoms with E-state index in [1.807, 2.05) is 38.2 Å². The number of oxime groups is 1.